The molecule has 0 unspecified atom stereocenters. The topological polar surface area (TPSA) is 63.2 Å². The minimum atomic E-state index is 0.167. The Kier molecular flexibility index (Phi) is 4.74. The summed E-state index contributed by atoms with van der Waals surface area (Å²) in [5.74, 6) is 0.786. The molecule has 0 saturated carbocycles. The van der Waals surface area contributed by atoms with Crippen LogP contribution in [0.15, 0.2) is 23.7 Å². The quantitative estimate of drug-likeness (QED) is 0.904. The molecule has 0 bridgehead atoms. The van der Waals surface area contributed by atoms with Gasteiger partial charge in [0, 0.05) is 37.8 Å². The van der Waals surface area contributed by atoms with E-state index in [4.69, 9.17) is 4.74 Å². The molecule has 3 rings (SSSR count). The van der Waals surface area contributed by atoms with Crippen LogP contribution in [0.25, 0.3) is 0 Å². The van der Waals surface area contributed by atoms with E-state index in [9.17, 15) is 0 Å². The van der Waals surface area contributed by atoms with E-state index >= 15 is 0 Å². The van der Waals surface area contributed by atoms with Crippen LogP contribution in [0.1, 0.15) is 10.7 Å². The summed E-state index contributed by atoms with van der Waals surface area (Å²) >= 11 is 1.70. The van der Waals surface area contributed by atoms with Crippen molar-refractivity contribution in [2.45, 2.75) is 19.6 Å². The number of nitrogens with one attached hydrogen (secondary N) is 1. The van der Waals surface area contributed by atoms with Crippen LogP contribution in [-0.2, 0) is 11.3 Å². The summed E-state index contributed by atoms with van der Waals surface area (Å²) in [5.41, 5.74) is 1.15. The molecule has 21 heavy (non-hydrogen) atoms. The molecular formula is C14H19N5OS. The van der Waals surface area contributed by atoms with Gasteiger partial charge in [0.15, 0.2) is 0 Å². The zero-order chi connectivity index (χ0) is 14.5. The van der Waals surface area contributed by atoms with Crippen molar-refractivity contribution in [2.75, 3.05) is 31.6 Å². The van der Waals surface area contributed by atoms with Crippen molar-refractivity contribution in [1.29, 1.82) is 0 Å². The molecule has 2 aromatic rings. The highest BCUT2D eigenvalue weighted by atomic mass is 32.1. The lowest BCUT2D eigenvalue weighted by molar-refractivity contribution is -0.0244. The van der Waals surface area contributed by atoms with Gasteiger partial charge in [-0.25, -0.2) is 4.98 Å². The number of rotatable bonds is 5. The zero-order valence-electron chi connectivity index (χ0n) is 12.0. The maximum absolute atomic E-state index is 5.80. The van der Waals surface area contributed by atoms with E-state index in [1.54, 1.807) is 17.5 Å². The molecule has 1 aliphatic rings. The van der Waals surface area contributed by atoms with Gasteiger partial charge in [-0.3, -0.25) is 4.90 Å². The number of aryl methyl sites for hydroxylation is 1. The molecule has 0 aromatic carbocycles. The number of nitrogens with zero attached hydrogens (tertiary/aromatic N) is 4. The normalized spacial score (nSPS) is 19.6. The molecule has 2 aromatic heterocycles. The van der Waals surface area contributed by atoms with Gasteiger partial charge in [0.25, 0.3) is 0 Å². The van der Waals surface area contributed by atoms with Crippen LogP contribution < -0.4 is 5.32 Å². The Labute approximate surface area is 128 Å². The van der Waals surface area contributed by atoms with Gasteiger partial charge in [0.1, 0.15) is 5.82 Å². The van der Waals surface area contributed by atoms with Crippen LogP contribution >= 0.6 is 11.3 Å². The summed E-state index contributed by atoms with van der Waals surface area (Å²) < 4.78 is 5.80. The zero-order valence-corrected chi connectivity index (χ0v) is 12.8. The van der Waals surface area contributed by atoms with E-state index < -0.39 is 0 Å². The summed E-state index contributed by atoms with van der Waals surface area (Å²) in [7, 11) is 0. The van der Waals surface area contributed by atoms with Gasteiger partial charge >= 0.3 is 0 Å². The van der Waals surface area contributed by atoms with Crippen LogP contribution in [0.5, 0.6) is 0 Å². The van der Waals surface area contributed by atoms with Gasteiger partial charge in [0.05, 0.1) is 23.4 Å². The van der Waals surface area contributed by atoms with Crippen molar-refractivity contribution in [1.82, 2.24) is 20.1 Å². The van der Waals surface area contributed by atoms with Gasteiger partial charge in [-0.1, -0.05) is 0 Å². The fourth-order valence-electron chi connectivity index (χ4n) is 2.37. The number of aromatic nitrogens is 3. The molecule has 1 N–H and O–H groups in total. The molecule has 1 atom stereocenters. The molecule has 1 saturated heterocycles. The molecule has 7 heteroatoms. The largest absolute Gasteiger partial charge is 0.374 e. The molecule has 0 spiro atoms. The maximum Gasteiger partial charge on any atom is 0.148 e. The Morgan fingerprint density at radius 3 is 3.24 bits per heavy atom. The Morgan fingerprint density at radius 2 is 2.48 bits per heavy atom. The number of thiazole rings is 1. The fraction of sp³-hybridized carbons (Fsp3) is 0.500. The van der Waals surface area contributed by atoms with E-state index in [-0.39, 0.29) is 6.10 Å². The van der Waals surface area contributed by atoms with Crippen LogP contribution in [-0.4, -0.2) is 52.4 Å². The minimum absolute atomic E-state index is 0.167. The van der Waals surface area contributed by atoms with Crippen molar-refractivity contribution >= 4 is 17.2 Å². The first kappa shape index (κ1) is 14.4. The molecule has 6 nitrogen and oxygen atoms in total. The monoisotopic (exact) mass is 305 g/mol. The van der Waals surface area contributed by atoms with E-state index in [0.717, 1.165) is 49.3 Å². The van der Waals surface area contributed by atoms with E-state index in [0.29, 0.717) is 0 Å². The van der Waals surface area contributed by atoms with E-state index in [1.807, 2.05) is 19.1 Å². The first-order valence-corrected chi connectivity index (χ1v) is 7.94. The lowest BCUT2D eigenvalue weighted by Gasteiger charge is -2.32. The molecule has 1 fully saturated rings. The summed E-state index contributed by atoms with van der Waals surface area (Å²) in [6.07, 6.45) is 1.83. The van der Waals surface area contributed by atoms with Gasteiger partial charge < -0.3 is 10.1 Å². The first-order chi connectivity index (χ1) is 10.3. The molecule has 3 heterocycles. The smallest absolute Gasteiger partial charge is 0.148 e. The van der Waals surface area contributed by atoms with Crippen molar-refractivity contribution in [3.8, 4) is 0 Å². The SMILES string of the molecule is Cc1nc(CN2CCO[C@@H](CNc3cccnn3)C2)cs1. The second-order valence-electron chi connectivity index (χ2n) is 5.08. The third kappa shape index (κ3) is 4.20. The summed E-state index contributed by atoms with van der Waals surface area (Å²) in [6, 6.07) is 3.78. The van der Waals surface area contributed by atoms with Crippen LogP contribution in [0.2, 0.25) is 0 Å². The second kappa shape index (κ2) is 6.93. The average molecular weight is 305 g/mol. The average Bonchev–Trinajstić information content (AvgIpc) is 2.92. The molecule has 0 aliphatic carbocycles. The van der Waals surface area contributed by atoms with E-state index in [1.165, 1.54) is 0 Å². The van der Waals surface area contributed by atoms with E-state index in [2.05, 4.69) is 30.8 Å². The van der Waals surface area contributed by atoms with Crippen molar-refractivity contribution in [2.24, 2.45) is 0 Å². The van der Waals surface area contributed by atoms with Crippen molar-refractivity contribution < 1.29 is 4.74 Å². The predicted octanol–water partition coefficient (Wildman–Crippen LogP) is 1.55. The molecule has 0 radical (unpaired) electrons. The van der Waals surface area contributed by atoms with Gasteiger partial charge in [-0.05, 0) is 19.1 Å². The number of hydrogen-bond acceptors (Lipinski definition) is 7. The first-order valence-electron chi connectivity index (χ1n) is 7.06. The van der Waals surface area contributed by atoms with Gasteiger partial charge in [-0.15, -0.1) is 16.4 Å². The predicted molar refractivity (Wildman–Crippen MR) is 82.4 cm³/mol. The van der Waals surface area contributed by atoms with Crippen LogP contribution in [0.3, 0.4) is 0 Å². The van der Waals surface area contributed by atoms with Crippen LogP contribution in [0.4, 0.5) is 5.82 Å². The third-order valence-electron chi connectivity index (χ3n) is 3.36. The Morgan fingerprint density at radius 1 is 1.52 bits per heavy atom. The van der Waals surface area contributed by atoms with Crippen LogP contribution in [0, 0.1) is 6.92 Å². The molecule has 0 amide bonds. The Balaban J connectivity index is 1.49. The van der Waals surface area contributed by atoms with Gasteiger partial charge in [-0.2, -0.15) is 5.10 Å². The summed E-state index contributed by atoms with van der Waals surface area (Å²) in [4.78, 5) is 6.92. The number of ether oxygens (including phenoxy) is 1. The lowest BCUT2D eigenvalue weighted by Crippen LogP contribution is -2.44. The molecule has 1 aliphatic heterocycles. The lowest BCUT2D eigenvalue weighted by atomic mass is 10.2. The highest BCUT2D eigenvalue weighted by Gasteiger charge is 2.21. The highest BCUT2D eigenvalue weighted by molar-refractivity contribution is 7.09. The van der Waals surface area contributed by atoms with Gasteiger partial charge in [0.2, 0.25) is 0 Å². The molecule has 112 valence electrons. The summed E-state index contributed by atoms with van der Waals surface area (Å²) in [6.45, 7) is 6.31. The Bertz CT molecular complexity index is 562. The number of morpholine rings is 1. The standard InChI is InChI=1S/C14H19N5OS/c1-11-17-12(10-21-11)8-19-5-6-20-13(9-19)7-15-14-3-2-4-16-18-14/h2-4,10,13H,5-9H2,1H3,(H,15,18)/t13-/m0/s1. The minimum Gasteiger partial charge on any atom is -0.374 e. The maximum atomic E-state index is 5.80. The third-order valence-corrected chi connectivity index (χ3v) is 4.18. The molecular weight excluding hydrogens is 286 g/mol. The summed E-state index contributed by atoms with van der Waals surface area (Å²) in [5, 5.41) is 14.4. The number of hydrogen-bond donors (Lipinski definition) is 1. The second-order valence-corrected chi connectivity index (χ2v) is 6.14. The Hall–Kier alpha value is -1.57. The van der Waals surface area contributed by atoms with Crippen molar-refractivity contribution in [3.05, 3.63) is 34.4 Å². The van der Waals surface area contributed by atoms with Crippen molar-refractivity contribution in [3.63, 3.8) is 0 Å². The fourth-order valence-corrected chi connectivity index (χ4v) is 2.98. The highest BCUT2D eigenvalue weighted by Crippen LogP contribution is 2.13. The number of anilines is 1.